The monoisotopic (exact) mass is 236 g/mol. The molecule has 1 heterocycles. The van der Waals surface area contributed by atoms with Crippen molar-refractivity contribution in [2.24, 2.45) is 5.92 Å². The second-order valence-corrected chi connectivity index (χ2v) is 4.45. The largest absolute Gasteiger partial charge is 0.355 e. The molecule has 1 atom stereocenters. The lowest BCUT2D eigenvalue weighted by Gasteiger charge is -2.24. The zero-order valence-corrected chi connectivity index (χ0v) is 11.4. The summed E-state index contributed by atoms with van der Waals surface area (Å²) in [5, 5.41) is 3.07. The van der Waals surface area contributed by atoms with Gasteiger partial charge < -0.3 is 10.2 Å². The molecule has 0 radical (unpaired) electrons. The van der Waals surface area contributed by atoms with E-state index in [1.807, 2.05) is 19.4 Å². The van der Waals surface area contributed by atoms with Crippen molar-refractivity contribution >= 4 is 5.82 Å². The summed E-state index contributed by atoms with van der Waals surface area (Å²) < 4.78 is 0. The van der Waals surface area contributed by atoms with E-state index in [0.717, 1.165) is 31.1 Å². The third-order valence-electron chi connectivity index (χ3n) is 2.98. The highest BCUT2D eigenvalue weighted by atomic mass is 15.2. The van der Waals surface area contributed by atoms with Crippen LogP contribution in [-0.2, 0) is 6.54 Å². The van der Waals surface area contributed by atoms with Gasteiger partial charge in [0.1, 0.15) is 5.82 Å². The Hall–Kier alpha value is -1.16. The summed E-state index contributed by atoms with van der Waals surface area (Å²) in [6.45, 7) is 9.44. The normalized spacial score (nSPS) is 12.5. The van der Waals surface area contributed by atoms with Crippen LogP contribution >= 0.6 is 0 Å². The number of hydrogen-bond acceptors (Lipinski definition) is 4. The highest BCUT2D eigenvalue weighted by Crippen LogP contribution is 2.12. The van der Waals surface area contributed by atoms with Gasteiger partial charge in [-0.1, -0.05) is 20.3 Å². The zero-order chi connectivity index (χ0) is 12.7. The van der Waals surface area contributed by atoms with Gasteiger partial charge in [0.05, 0.1) is 18.1 Å². The molecule has 0 aliphatic carbocycles. The number of rotatable bonds is 7. The second kappa shape index (κ2) is 7.22. The van der Waals surface area contributed by atoms with Gasteiger partial charge in [0.15, 0.2) is 0 Å². The molecule has 0 saturated heterocycles. The number of hydrogen-bond donors (Lipinski definition) is 1. The third kappa shape index (κ3) is 4.30. The molecule has 1 unspecified atom stereocenters. The van der Waals surface area contributed by atoms with Crippen molar-refractivity contribution in [3.63, 3.8) is 0 Å². The first-order valence-corrected chi connectivity index (χ1v) is 6.41. The molecule has 1 aromatic rings. The molecule has 0 spiro atoms. The average Bonchev–Trinajstić information content (AvgIpc) is 2.37. The SMILES string of the molecule is CCC(C)CN(CC)c1cnc(CNC)cn1. The molecule has 0 aliphatic heterocycles. The zero-order valence-electron chi connectivity index (χ0n) is 11.4. The lowest BCUT2D eigenvalue weighted by molar-refractivity contribution is 0.545. The van der Waals surface area contributed by atoms with E-state index in [1.165, 1.54) is 6.42 Å². The van der Waals surface area contributed by atoms with Gasteiger partial charge in [-0.3, -0.25) is 4.98 Å². The summed E-state index contributed by atoms with van der Waals surface area (Å²) in [6.07, 6.45) is 4.92. The summed E-state index contributed by atoms with van der Waals surface area (Å²) in [5.41, 5.74) is 0.982. The standard InChI is InChI=1S/C13H24N4/c1-5-11(3)10-17(6-2)13-9-15-12(7-14-4)8-16-13/h8-9,11,14H,5-7,10H2,1-4H3. The van der Waals surface area contributed by atoms with Crippen molar-refractivity contribution in [3.05, 3.63) is 18.1 Å². The van der Waals surface area contributed by atoms with Gasteiger partial charge in [-0.25, -0.2) is 4.98 Å². The van der Waals surface area contributed by atoms with Crippen LogP contribution in [0, 0.1) is 5.92 Å². The molecule has 0 amide bonds. The lowest BCUT2D eigenvalue weighted by Crippen LogP contribution is -2.29. The first-order valence-electron chi connectivity index (χ1n) is 6.41. The Kier molecular flexibility index (Phi) is 5.91. The highest BCUT2D eigenvalue weighted by molar-refractivity contribution is 5.35. The summed E-state index contributed by atoms with van der Waals surface area (Å²) in [7, 11) is 1.91. The molecule has 4 nitrogen and oxygen atoms in total. The Balaban J connectivity index is 2.68. The Morgan fingerprint density at radius 1 is 1.29 bits per heavy atom. The molecule has 96 valence electrons. The molecule has 17 heavy (non-hydrogen) atoms. The van der Waals surface area contributed by atoms with E-state index >= 15 is 0 Å². The lowest BCUT2D eigenvalue weighted by atomic mass is 10.1. The topological polar surface area (TPSA) is 41.1 Å². The molecule has 1 N–H and O–H groups in total. The molecule has 0 aromatic carbocycles. The smallest absolute Gasteiger partial charge is 0.147 e. The highest BCUT2D eigenvalue weighted by Gasteiger charge is 2.09. The Bertz CT molecular complexity index is 310. The fourth-order valence-electron chi connectivity index (χ4n) is 1.67. The molecule has 0 aliphatic rings. The Labute approximate surface area is 104 Å². The number of nitrogens with zero attached hydrogens (tertiary/aromatic N) is 3. The van der Waals surface area contributed by atoms with Gasteiger partial charge in [-0.15, -0.1) is 0 Å². The van der Waals surface area contributed by atoms with Crippen LogP contribution in [0.15, 0.2) is 12.4 Å². The van der Waals surface area contributed by atoms with E-state index in [0.29, 0.717) is 5.92 Å². The van der Waals surface area contributed by atoms with Gasteiger partial charge in [-0.05, 0) is 19.9 Å². The summed E-state index contributed by atoms with van der Waals surface area (Å²) in [6, 6.07) is 0. The first-order chi connectivity index (χ1) is 8.21. The summed E-state index contributed by atoms with van der Waals surface area (Å²) in [4.78, 5) is 11.2. The second-order valence-electron chi connectivity index (χ2n) is 4.45. The van der Waals surface area contributed by atoms with Gasteiger partial charge in [0.25, 0.3) is 0 Å². The maximum Gasteiger partial charge on any atom is 0.147 e. The van der Waals surface area contributed by atoms with Crippen molar-refractivity contribution in [1.82, 2.24) is 15.3 Å². The van der Waals surface area contributed by atoms with E-state index in [2.05, 4.69) is 41.0 Å². The fourth-order valence-corrected chi connectivity index (χ4v) is 1.67. The van der Waals surface area contributed by atoms with Crippen LogP contribution in [0.5, 0.6) is 0 Å². The predicted octanol–water partition coefficient (Wildman–Crippen LogP) is 2.07. The maximum absolute atomic E-state index is 4.48. The molecule has 0 bridgehead atoms. The Morgan fingerprint density at radius 2 is 2.06 bits per heavy atom. The molecule has 1 aromatic heterocycles. The molecule has 0 fully saturated rings. The summed E-state index contributed by atoms with van der Waals surface area (Å²) >= 11 is 0. The van der Waals surface area contributed by atoms with E-state index in [1.54, 1.807) is 0 Å². The van der Waals surface area contributed by atoms with E-state index in [4.69, 9.17) is 0 Å². The van der Waals surface area contributed by atoms with Gasteiger partial charge >= 0.3 is 0 Å². The maximum atomic E-state index is 4.48. The number of nitrogens with one attached hydrogen (secondary N) is 1. The molecular weight excluding hydrogens is 212 g/mol. The minimum atomic E-state index is 0.689. The van der Waals surface area contributed by atoms with Crippen LogP contribution in [-0.4, -0.2) is 30.1 Å². The van der Waals surface area contributed by atoms with Gasteiger partial charge in [-0.2, -0.15) is 0 Å². The fraction of sp³-hybridized carbons (Fsp3) is 0.692. The predicted molar refractivity (Wildman–Crippen MR) is 72.1 cm³/mol. The third-order valence-corrected chi connectivity index (χ3v) is 2.98. The van der Waals surface area contributed by atoms with Crippen molar-refractivity contribution in [1.29, 1.82) is 0 Å². The molecule has 4 heteroatoms. The van der Waals surface area contributed by atoms with Crippen molar-refractivity contribution in [2.75, 3.05) is 25.0 Å². The van der Waals surface area contributed by atoms with E-state index < -0.39 is 0 Å². The molecule has 1 rings (SSSR count). The van der Waals surface area contributed by atoms with Gasteiger partial charge in [0, 0.05) is 19.6 Å². The van der Waals surface area contributed by atoms with E-state index in [-0.39, 0.29) is 0 Å². The van der Waals surface area contributed by atoms with Crippen molar-refractivity contribution in [3.8, 4) is 0 Å². The van der Waals surface area contributed by atoms with Crippen LogP contribution in [0.1, 0.15) is 32.9 Å². The van der Waals surface area contributed by atoms with Crippen LogP contribution in [0.4, 0.5) is 5.82 Å². The molecular formula is C13H24N4. The minimum Gasteiger partial charge on any atom is -0.355 e. The van der Waals surface area contributed by atoms with Crippen LogP contribution in [0.3, 0.4) is 0 Å². The molecule has 0 saturated carbocycles. The number of aromatic nitrogens is 2. The van der Waals surface area contributed by atoms with Crippen molar-refractivity contribution in [2.45, 2.75) is 33.7 Å². The van der Waals surface area contributed by atoms with E-state index in [9.17, 15) is 0 Å². The van der Waals surface area contributed by atoms with Crippen LogP contribution < -0.4 is 10.2 Å². The van der Waals surface area contributed by atoms with Gasteiger partial charge in [0.2, 0.25) is 0 Å². The van der Waals surface area contributed by atoms with Crippen LogP contribution in [0.2, 0.25) is 0 Å². The average molecular weight is 236 g/mol. The first kappa shape index (κ1) is 13.9. The Morgan fingerprint density at radius 3 is 2.53 bits per heavy atom. The summed E-state index contributed by atoms with van der Waals surface area (Å²) in [5.74, 6) is 1.67. The van der Waals surface area contributed by atoms with Crippen LogP contribution in [0.25, 0.3) is 0 Å². The quantitative estimate of drug-likeness (QED) is 0.787. The minimum absolute atomic E-state index is 0.689. The number of anilines is 1. The van der Waals surface area contributed by atoms with Crippen molar-refractivity contribution < 1.29 is 0 Å².